The van der Waals surface area contributed by atoms with Gasteiger partial charge in [-0.25, -0.2) is 0 Å². The molecule has 0 aliphatic carbocycles. The van der Waals surface area contributed by atoms with Crippen molar-refractivity contribution in [3.63, 3.8) is 0 Å². The van der Waals surface area contributed by atoms with Gasteiger partial charge in [-0.05, 0) is 0 Å². The normalized spacial score (nSPS) is 11.8. The molecule has 4 heteroatoms. The summed E-state index contributed by atoms with van der Waals surface area (Å²) in [7, 11) is 3.21. The van der Waals surface area contributed by atoms with E-state index >= 15 is 0 Å². The first-order chi connectivity index (χ1) is 4.09. The van der Waals surface area contributed by atoms with E-state index in [9.17, 15) is 4.79 Å². The van der Waals surface area contributed by atoms with E-state index in [1.165, 1.54) is 4.90 Å². The molecule has 0 aliphatic heterocycles. The van der Waals surface area contributed by atoms with Crippen LogP contribution < -0.4 is 0 Å². The maximum Gasteiger partial charge on any atom is 0.250 e. The number of nitriles is 1. The molecule has 0 N–H and O–H groups in total. The second-order valence-corrected chi connectivity index (χ2v) is 2.64. The van der Waals surface area contributed by atoms with E-state index in [0.29, 0.717) is 0 Å². The lowest BCUT2D eigenvalue weighted by atomic mass is 10.4. The molecule has 0 saturated carbocycles. The second-order valence-electron chi connectivity index (χ2n) is 1.72. The molecule has 0 unspecified atom stereocenters. The van der Waals surface area contributed by atoms with Gasteiger partial charge in [0, 0.05) is 14.1 Å². The summed E-state index contributed by atoms with van der Waals surface area (Å²) >= 11 is 2.89. The molecule has 0 radical (unpaired) electrons. The number of rotatable bonds is 1. The van der Waals surface area contributed by atoms with Crippen molar-refractivity contribution in [2.75, 3.05) is 14.1 Å². The highest BCUT2D eigenvalue weighted by Gasteiger charge is 2.14. The number of nitrogens with zero attached hydrogens (tertiary/aromatic N) is 2. The monoisotopic (exact) mass is 190 g/mol. The Balaban J connectivity index is 3.92. The third kappa shape index (κ3) is 2.47. The Morgan fingerprint density at radius 3 is 2.33 bits per heavy atom. The molecule has 1 amide bonds. The number of alkyl halides is 1. The number of carbonyl (C=O) groups is 1. The number of hydrogen-bond acceptors (Lipinski definition) is 2. The van der Waals surface area contributed by atoms with E-state index in [4.69, 9.17) is 5.26 Å². The Bertz CT molecular complexity index is 150. The fourth-order valence-electron chi connectivity index (χ4n) is 0.282. The lowest BCUT2D eigenvalue weighted by Crippen LogP contribution is -2.28. The van der Waals surface area contributed by atoms with E-state index in [1.807, 2.05) is 0 Å². The Morgan fingerprint density at radius 1 is 1.78 bits per heavy atom. The zero-order valence-electron chi connectivity index (χ0n) is 5.26. The van der Waals surface area contributed by atoms with E-state index < -0.39 is 4.83 Å². The molecule has 0 aromatic rings. The third-order valence-corrected chi connectivity index (χ3v) is 1.37. The van der Waals surface area contributed by atoms with Crippen LogP contribution in [0.1, 0.15) is 0 Å². The van der Waals surface area contributed by atoms with E-state index in [2.05, 4.69) is 15.9 Å². The van der Waals surface area contributed by atoms with Gasteiger partial charge in [-0.1, -0.05) is 15.9 Å². The zero-order valence-corrected chi connectivity index (χ0v) is 6.84. The van der Waals surface area contributed by atoms with Gasteiger partial charge in [0.25, 0.3) is 0 Å². The maximum absolute atomic E-state index is 10.7. The fraction of sp³-hybridized carbons (Fsp3) is 0.600. The zero-order chi connectivity index (χ0) is 7.44. The van der Waals surface area contributed by atoms with Crippen LogP contribution in [0.5, 0.6) is 0 Å². The number of halogens is 1. The quantitative estimate of drug-likeness (QED) is 0.561. The number of carbonyl (C=O) groups excluding carboxylic acids is 1. The maximum atomic E-state index is 10.7. The SMILES string of the molecule is CN(C)C(=O)[C@H](Br)C#N. The van der Waals surface area contributed by atoms with E-state index in [0.717, 1.165) is 0 Å². The smallest absolute Gasteiger partial charge is 0.250 e. The predicted octanol–water partition coefficient (Wildman–Crippen LogP) is 0.362. The second kappa shape index (κ2) is 3.46. The average molecular weight is 191 g/mol. The van der Waals surface area contributed by atoms with Crippen molar-refractivity contribution in [1.82, 2.24) is 4.90 Å². The lowest BCUT2D eigenvalue weighted by Gasteiger charge is -2.09. The standard InChI is InChI=1S/C5H7BrN2O/c1-8(2)5(9)4(6)3-7/h4H,1-2H3/t4-/m1/s1. The average Bonchev–Trinajstić information content (AvgIpc) is 1.84. The molecule has 9 heavy (non-hydrogen) atoms. The first kappa shape index (κ1) is 8.44. The van der Waals surface area contributed by atoms with Crippen LogP contribution in [0.25, 0.3) is 0 Å². The summed E-state index contributed by atoms with van der Waals surface area (Å²) in [6.45, 7) is 0. The van der Waals surface area contributed by atoms with Crippen LogP contribution in [-0.4, -0.2) is 29.7 Å². The molecule has 0 spiro atoms. The molecule has 1 atom stereocenters. The van der Waals surface area contributed by atoms with Crippen molar-refractivity contribution in [1.29, 1.82) is 5.26 Å². The molecule has 0 heterocycles. The minimum Gasteiger partial charge on any atom is -0.347 e. The highest BCUT2D eigenvalue weighted by molar-refractivity contribution is 9.10. The van der Waals surface area contributed by atoms with Gasteiger partial charge in [-0.3, -0.25) is 4.79 Å². The Labute approximate surface area is 62.4 Å². The van der Waals surface area contributed by atoms with Crippen molar-refractivity contribution >= 4 is 21.8 Å². The third-order valence-electron chi connectivity index (χ3n) is 0.771. The molecule has 50 valence electrons. The Hall–Kier alpha value is -0.560. The summed E-state index contributed by atoms with van der Waals surface area (Å²) < 4.78 is 0. The van der Waals surface area contributed by atoms with Crippen LogP contribution in [-0.2, 0) is 4.79 Å². The molecule has 0 fully saturated rings. The van der Waals surface area contributed by atoms with Crippen LogP contribution in [0.4, 0.5) is 0 Å². The van der Waals surface area contributed by atoms with Gasteiger partial charge in [0.15, 0.2) is 4.83 Å². The molecule has 0 aromatic carbocycles. The largest absolute Gasteiger partial charge is 0.347 e. The van der Waals surface area contributed by atoms with Gasteiger partial charge in [-0.15, -0.1) is 0 Å². The summed E-state index contributed by atoms with van der Waals surface area (Å²) in [4.78, 5) is 11.4. The summed E-state index contributed by atoms with van der Waals surface area (Å²) in [6.07, 6.45) is 0. The molecule has 3 nitrogen and oxygen atoms in total. The minimum absolute atomic E-state index is 0.225. The van der Waals surface area contributed by atoms with Crippen LogP contribution >= 0.6 is 15.9 Å². The van der Waals surface area contributed by atoms with Crippen molar-refractivity contribution < 1.29 is 4.79 Å². The van der Waals surface area contributed by atoms with Crippen molar-refractivity contribution in [2.45, 2.75) is 4.83 Å². The van der Waals surface area contributed by atoms with Crippen molar-refractivity contribution in [3.05, 3.63) is 0 Å². The van der Waals surface area contributed by atoms with Gasteiger partial charge in [0.1, 0.15) is 0 Å². The van der Waals surface area contributed by atoms with Gasteiger partial charge in [-0.2, -0.15) is 5.26 Å². The van der Waals surface area contributed by atoms with E-state index in [-0.39, 0.29) is 5.91 Å². The van der Waals surface area contributed by atoms with Crippen LogP contribution in [0, 0.1) is 11.3 Å². The molecule has 0 aromatic heterocycles. The van der Waals surface area contributed by atoms with Crippen LogP contribution in [0.15, 0.2) is 0 Å². The Morgan fingerprint density at radius 2 is 2.22 bits per heavy atom. The lowest BCUT2D eigenvalue weighted by molar-refractivity contribution is -0.127. The number of amides is 1. The van der Waals surface area contributed by atoms with Crippen LogP contribution in [0.3, 0.4) is 0 Å². The molecule has 0 bridgehead atoms. The number of hydrogen-bond donors (Lipinski definition) is 0. The van der Waals surface area contributed by atoms with E-state index in [1.54, 1.807) is 20.2 Å². The minimum atomic E-state index is -0.701. The summed E-state index contributed by atoms with van der Waals surface area (Å²) in [5.41, 5.74) is 0. The Kier molecular flexibility index (Phi) is 3.25. The molecular weight excluding hydrogens is 184 g/mol. The summed E-state index contributed by atoms with van der Waals surface area (Å²) in [6, 6.07) is 1.77. The van der Waals surface area contributed by atoms with Crippen molar-refractivity contribution in [3.8, 4) is 6.07 Å². The highest BCUT2D eigenvalue weighted by Crippen LogP contribution is 1.99. The first-order valence-electron chi connectivity index (χ1n) is 2.34. The fourth-order valence-corrected chi connectivity index (χ4v) is 0.691. The molecular formula is C5H7BrN2O. The van der Waals surface area contributed by atoms with Gasteiger partial charge in [0.2, 0.25) is 5.91 Å². The van der Waals surface area contributed by atoms with Gasteiger partial charge < -0.3 is 4.90 Å². The van der Waals surface area contributed by atoms with Crippen molar-refractivity contribution in [2.24, 2.45) is 0 Å². The molecule has 0 saturated heterocycles. The first-order valence-corrected chi connectivity index (χ1v) is 3.26. The van der Waals surface area contributed by atoms with Crippen LogP contribution in [0.2, 0.25) is 0 Å². The predicted molar refractivity (Wildman–Crippen MR) is 37.0 cm³/mol. The molecule has 0 aliphatic rings. The highest BCUT2D eigenvalue weighted by atomic mass is 79.9. The summed E-state index contributed by atoms with van der Waals surface area (Å²) in [5, 5.41) is 8.21. The molecule has 0 rings (SSSR count). The summed E-state index contributed by atoms with van der Waals surface area (Å²) in [5.74, 6) is -0.225. The van der Waals surface area contributed by atoms with Gasteiger partial charge >= 0.3 is 0 Å². The van der Waals surface area contributed by atoms with Gasteiger partial charge in [0.05, 0.1) is 6.07 Å². The topological polar surface area (TPSA) is 44.1 Å².